The second kappa shape index (κ2) is 7.36. The van der Waals surface area contributed by atoms with Gasteiger partial charge in [-0.15, -0.1) is 0 Å². The zero-order valence-electron chi connectivity index (χ0n) is 13.9. The molecule has 1 aliphatic heterocycles. The number of hydrogen-bond acceptors (Lipinski definition) is 6. The summed E-state index contributed by atoms with van der Waals surface area (Å²) >= 11 is 0. The van der Waals surface area contributed by atoms with Crippen LogP contribution in [-0.4, -0.2) is 53.5 Å². The van der Waals surface area contributed by atoms with Crippen LogP contribution in [-0.2, 0) is 20.0 Å². The molecule has 1 fully saturated rings. The fourth-order valence-electron chi connectivity index (χ4n) is 2.74. The molecule has 3 N–H and O–H groups in total. The predicted octanol–water partition coefficient (Wildman–Crippen LogP) is -0.375. The Balaban J connectivity index is 1.98. The van der Waals surface area contributed by atoms with E-state index in [1.807, 2.05) is 0 Å². The molecular weight excluding hydrogens is 352 g/mol. The van der Waals surface area contributed by atoms with Crippen molar-refractivity contribution in [2.75, 3.05) is 23.7 Å². The highest BCUT2D eigenvalue weighted by atomic mass is 32.2. The van der Waals surface area contributed by atoms with E-state index in [9.17, 15) is 16.8 Å². The molecule has 0 amide bonds. The zero-order valence-corrected chi connectivity index (χ0v) is 15.6. The van der Waals surface area contributed by atoms with E-state index in [-0.39, 0.29) is 24.4 Å². The van der Waals surface area contributed by atoms with E-state index < -0.39 is 25.3 Å². The van der Waals surface area contributed by atoms with E-state index in [0.29, 0.717) is 5.69 Å². The molecule has 0 saturated carbocycles. The Kier molecular flexibility index (Phi) is 5.87. The summed E-state index contributed by atoms with van der Waals surface area (Å²) in [6.07, 6.45) is 0. The summed E-state index contributed by atoms with van der Waals surface area (Å²) in [4.78, 5) is 0. The summed E-state index contributed by atoms with van der Waals surface area (Å²) in [5.41, 5.74) is 6.29. The highest BCUT2D eigenvalue weighted by molar-refractivity contribution is 7.93. The van der Waals surface area contributed by atoms with Crippen LogP contribution in [0.3, 0.4) is 0 Å². The first kappa shape index (κ1) is 19.1. The molecule has 2 rings (SSSR count). The lowest BCUT2D eigenvalue weighted by atomic mass is 10.2. The second-order valence-corrected chi connectivity index (χ2v) is 9.93. The first-order chi connectivity index (χ1) is 11.1. The molecule has 1 aromatic rings. The fourth-order valence-corrected chi connectivity index (χ4v) is 5.74. The van der Waals surface area contributed by atoms with Crippen molar-refractivity contribution < 1.29 is 16.8 Å². The number of sulfonamides is 2. The van der Waals surface area contributed by atoms with Gasteiger partial charge in [0.05, 0.1) is 11.4 Å². The topological polar surface area (TPSA) is 108 Å². The van der Waals surface area contributed by atoms with Crippen LogP contribution in [0.5, 0.6) is 0 Å². The van der Waals surface area contributed by atoms with E-state index in [1.54, 1.807) is 44.2 Å². The zero-order chi connectivity index (χ0) is 18.0. The third kappa shape index (κ3) is 4.25. The molecule has 10 heteroatoms. The highest BCUT2D eigenvalue weighted by Crippen LogP contribution is 2.16. The summed E-state index contributed by atoms with van der Waals surface area (Å²) < 4.78 is 53.0. The SMILES string of the molecule is CC1NNC(C)C1S(=O)(=O)NCCS(=O)(=O)N(C)c1ccccc1. The maximum absolute atomic E-state index is 12.4. The minimum atomic E-state index is -3.63. The smallest absolute Gasteiger partial charge is 0.236 e. The number of anilines is 1. The lowest BCUT2D eigenvalue weighted by Gasteiger charge is -2.21. The molecule has 1 aromatic carbocycles. The van der Waals surface area contributed by atoms with E-state index in [2.05, 4.69) is 15.6 Å². The van der Waals surface area contributed by atoms with Crippen molar-refractivity contribution in [2.24, 2.45) is 0 Å². The van der Waals surface area contributed by atoms with Crippen LogP contribution in [0, 0.1) is 0 Å². The second-order valence-electron chi connectivity index (χ2n) is 5.89. The van der Waals surface area contributed by atoms with Crippen molar-refractivity contribution in [3.63, 3.8) is 0 Å². The van der Waals surface area contributed by atoms with Crippen molar-refractivity contribution in [1.29, 1.82) is 0 Å². The molecule has 136 valence electrons. The Morgan fingerprint density at radius 3 is 2.12 bits per heavy atom. The number of hydrazine groups is 1. The van der Waals surface area contributed by atoms with Gasteiger partial charge in [-0.2, -0.15) is 0 Å². The molecular formula is C14H24N4O4S2. The molecule has 0 aliphatic carbocycles. The summed E-state index contributed by atoms with van der Waals surface area (Å²) in [6.45, 7) is 3.36. The van der Waals surface area contributed by atoms with Crippen LogP contribution >= 0.6 is 0 Å². The number of nitrogens with one attached hydrogen (secondary N) is 3. The van der Waals surface area contributed by atoms with Crippen molar-refractivity contribution in [3.8, 4) is 0 Å². The van der Waals surface area contributed by atoms with Crippen LogP contribution in [0.15, 0.2) is 30.3 Å². The van der Waals surface area contributed by atoms with E-state index in [1.165, 1.54) is 7.05 Å². The van der Waals surface area contributed by atoms with Gasteiger partial charge in [0.25, 0.3) is 0 Å². The maximum Gasteiger partial charge on any atom is 0.236 e. The van der Waals surface area contributed by atoms with Gasteiger partial charge in [-0.05, 0) is 26.0 Å². The molecule has 8 nitrogen and oxygen atoms in total. The van der Waals surface area contributed by atoms with Crippen LogP contribution < -0.4 is 19.9 Å². The summed E-state index contributed by atoms with van der Waals surface area (Å²) in [5, 5.41) is -0.660. The molecule has 0 bridgehead atoms. The summed E-state index contributed by atoms with van der Waals surface area (Å²) in [6, 6.07) is 8.12. The third-order valence-electron chi connectivity index (χ3n) is 4.08. The molecule has 1 saturated heterocycles. The van der Waals surface area contributed by atoms with E-state index in [0.717, 1.165) is 4.31 Å². The minimum absolute atomic E-state index is 0.169. The van der Waals surface area contributed by atoms with Crippen LogP contribution in [0.25, 0.3) is 0 Å². The van der Waals surface area contributed by atoms with Gasteiger partial charge in [-0.1, -0.05) is 18.2 Å². The normalized spacial score (nSPS) is 24.9. The van der Waals surface area contributed by atoms with Gasteiger partial charge >= 0.3 is 0 Å². The number of nitrogens with zero attached hydrogens (tertiary/aromatic N) is 1. The van der Waals surface area contributed by atoms with Gasteiger partial charge < -0.3 is 0 Å². The average Bonchev–Trinajstić information content (AvgIpc) is 2.86. The Morgan fingerprint density at radius 1 is 1.04 bits per heavy atom. The van der Waals surface area contributed by atoms with Crippen LogP contribution in [0.1, 0.15) is 13.8 Å². The first-order valence-corrected chi connectivity index (χ1v) is 10.8. The lowest BCUT2D eigenvalue weighted by molar-refractivity contribution is 0.546. The summed E-state index contributed by atoms with van der Waals surface area (Å²) in [5.74, 6) is -0.312. The molecule has 2 atom stereocenters. The van der Waals surface area contributed by atoms with Crippen molar-refractivity contribution in [1.82, 2.24) is 15.6 Å². The van der Waals surface area contributed by atoms with Gasteiger partial charge in [-0.3, -0.25) is 15.2 Å². The van der Waals surface area contributed by atoms with E-state index >= 15 is 0 Å². The highest BCUT2D eigenvalue weighted by Gasteiger charge is 2.40. The van der Waals surface area contributed by atoms with Gasteiger partial charge in [0, 0.05) is 25.7 Å². The van der Waals surface area contributed by atoms with Crippen molar-refractivity contribution in [3.05, 3.63) is 30.3 Å². The third-order valence-corrected chi connectivity index (χ3v) is 7.99. The Labute approximate surface area is 143 Å². The molecule has 1 heterocycles. The number of rotatable bonds is 7. The average molecular weight is 377 g/mol. The van der Waals surface area contributed by atoms with Crippen molar-refractivity contribution in [2.45, 2.75) is 31.2 Å². The molecule has 0 spiro atoms. The molecule has 1 aliphatic rings. The Hall–Kier alpha value is -1.20. The quantitative estimate of drug-likeness (QED) is 0.599. The maximum atomic E-state index is 12.4. The molecule has 0 aromatic heterocycles. The summed E-state index contributed by atoms with van der Waals surface area (Å²) in [7, 11) is -5.79. The van der Waals surface area contributed by atoms with E-state index in [4.69, 9.17) is 0 Å². The minimum Gasteiger partial charge on any atom is -0.273 e. The standard InChI is InChI=1S/C14H24N4O4S2/c1-11-14(12(2)17-16-11)24(21,22)15-9-10-23(19,20)18(3)13-7-5-4-6-8-13/h4-8,11-12,14-17H,9-10H2,1-3H3. The molecule has 2 unspecified atom stereocenters. The molecule has 24 heavy (non-hydrogen) atoms. The fraction of sp³-hybridized carbons (Fsp3) is 0.571. The number of benzene rings is 1. The van der Waals surface area contributed by atoms with Crippen molar-refractivity contribution >= 4 is 25.7 Å². The predicted molar refractivity (Wildman–Crippen MR) is 94.5 cm³/mol. The molecule has 0 radical (unpaired) electrons. The van der Waals surface area contributed by atoms with Crippen LogP contribution in [0.4, 0.5) is 5.69 Å². The largest absolute Gasteiger partial charge is 0.273 e. The Bertz CT molecular complexity index is 742. The van der Waals surface area contributed by atoms with Gasteiger partial charge in [0.1, 0.15) is 5.25 Å². The number of para-hydroxylation sites is 1. The lowest BCUT2D eigenvalue weighted by Crippen LogP contribution is -2.46. The van der Waals surface area contributed by atoms with Gasteiger partial charge in [0.2, 0.25) is 20.0 Å². The number of hydrogen-bond donors (Lipinski definition) is 3. The Morgan fingerprint density at radius 2 is 1.58 bits per heavy atom. The van der Waals surface area contributed by atoms with Crippen LogP contribution in [0.2, 0.25) is 0 Å². The first-order valence-electron chi connectivity index (χ1n) is 7.66. The van der Waals surface area contributed by atoms with Gasteiger partial charge in [-0.25, -0.2) is 21.6 Å². The monoisotopic (exact) mass is 376 g/mol. The van der Waals surface area contributed by atoms with Gasteiger partial charge in [0.15, 0.2) is 0 Å².